The number of hydrogen-bond donors (Lipinski definition) is 0. The first-order valence-corrected chi connectivity index (χ1v) is 16.7. The molecule has 9 nitrogen and oxygen atoms in total. The Morgan fingerprint density at radius 1 is 0.460 bits per heavy atom. The third-order valence-corrected chi connectivity index (χ3v) is 8.89. The molecule has 0 unspecified atom stereocenters. The lowest BCUT2D eigenvalue weighted by Gasteiger charge is -2.44. The molecule has 1 fully saturated rings. The van der Waals surface area contributed by atoms with Gasteiger partial charge in [-0.2, -0.15) is 0 Å². The minimum absolute atomic E-state index is 0.222. The molecule has 5 aromatic carbocycles. The van der Waals surface area contributed by atoms with Gasteiger partial charge < -0.3 is 23.7 Å². The van der Waals surface area contributed by atoms with Crippen LogP contribution < -0.4 is 0 Å². The van der Waals surface area contributed by atoms with Crippen LogP contribution in [0.5, 0.6) is 0 Å². The Hall–Kier alpha value is -5.71. The molecule has 10 heteroatoms. The fraction of sp³-hybridized carbons (Fsp3) is 0.150. The van der Waals surface area contributed by atoms with Crippen LogP contribution in [0.25, 0.3) is 0 Å². The molecule has 1 saturated heterocycles. The van der Waals surface area contributed by atoms with Gasteiger partial charge in [0.05, 0.1) is 22.3 Å². The molecule has 50 heavy (non-hydrogen) atoms. The summed E-state index contributed by atoms with van der Waals surface area (Å²) in [6.07, 6.45) is -5.24. The molecule has 6 rings (SSSR count). The smallest absolute Gasteiger partial charge is 0.338 e. The molecule has 0 amide bonds. The van der Waals surface area contributed by atoms with Crippen molar-refractivity contribution in [1.29, 1.82) is 0 Å². The minimum Gasteiger partial charge on any atom is -0.459 e. The Kier molecular flexibility index (Phi) is 11.3. The quantitative estimate of drug-likeness (QED) is 0.106. The number of ether oxygens (including phenoxy) is 5. The summed E-state index contributed by atoms with van der Waals surface area (Å²) in [6, 6.07) is 42.5. The average Bonchev–Trinajstić information content (AvgIpc) is 3.17. The van der Waals surface area contributed by atoms with Crippen molar-refractivity contribution in [3.05, 3.63) is 174 Å². The first kappa shape index (κ1) is 34.2. The predicted molar refractivity (Wildman–Crippen MR) is 185 cm³/mol. The summed E-state index contributed by atoms with van der Waals surface area (Å²) in [5.74, 6) is -2.84. The van der Waals surface area contributed by atoms with E-state index < -0.39 is 53.7 Å². The van der Waals surface area contributed by atoms with E-state index in [2.05, 4.69) is 0 Å². The van der Waals surface area contributed by atoms with Crippen LogP contribution in [0.4, 0.5) is 0 Å². The molecular weight excluding hydrogens is 656 g/mol. The van der Waals surface area contributed by atoms with Gasteiger partial charge in [-0.1, -0.05) is 103 Å². The van der Waals surface area contributed by atoms with Gasteiger partial charge in [0.25, 0.3) is 0 Å². The van der Waals surface area contributed by atoms with Crippen LogP contribution in [-0.2, 0) is 23.7 Å². The van der Waals surface area contributed by atoms with Crippen LogP contribution in [0, 0.1) is 0 Å². The summed E-state index contributed by atoms with van der Waals surface area (Å²) < 4.78 is 30.5. The number of benzene rings is 5. The Morgan fingerprint density at radius 3 is 1.26 bits per heavy atom. The molecule has 1 aliphatic rings. The highest BCUT2D eigenvalue weighted by atomic mass is 32.2. The monoisotopic (exact) mass is 688 g/mol. The van der Waals surface area contributed by atoms with Gasteiger partial charge in [-0.05, 0) is 60.7 Å². The van der Waals surface area contributed by atoms with E-state index in [1.807, 2.05) is 30.3 Å². The number of rotatable bonds is 11. The van der Waals surface area contributed by atoms with Crippen molar-refractivity contribution in [2.45, 2.75) is 34.7 Å². The van der Waals surface area contributed by atoms with Gasteiger partial charge in [0.15, 0.2) is 18.3 Å². The molecule has 5 atom stereocenters. The van der Waals surface area contributed by atoms with E-state index in [-0.39, 0.29) is 23.3 Å². The highest BCUT2D eigenvalue weighted by molar-refractivity contribution is 7.99. The topological polar surface area (TPSA) is 114 Å². The van der Waals surface area contributed by atoms with E-state index in [0.29, 0.717) is 5.56 Å². The Morgan fingerprint density at radius 2 is 0.820 bits per heavy atom. The van der Waals surface area contributed by atoms with Crippen molar-refractivity contribution in [2.24, 2.45) is 0 Å². The zero-order valence-corrected chi connectivity index (χ0v) is 27.4. The van der Waals surface area contributed by atoms with Crippen molar-refractivity contribution < 1.29 is 42.9 Å². The third kappa shape index (κ3) is 8.65. The Bertz CT molecular complexity index is 1870. The fourth-order valence-corrected chi connectivity index (χ4v) is 6.38. The zero-order chi connectivity index (χ0) is 34.7. The largest absolute Gasteiger partial charge is 0.459 e. The zero-order valence-electron chi connectivity index (χ0n) is 26.6. The number of thioether (sulfide) groups is 1. The summed E-state index contributed by atoms with van der Waals surface area (Å²) in [7, 11) is 0. The number of carbonyl (C=O) groups is 4. The predicted octanol–water partition coefficient (Wildman–Crippen LogP) is 7.04. The van der Waals surface area contributed by atoms with Crippen molar-refractivity contribution in [3.63, 3.8) is 0 Å². The van der Waals surface area contributed by atoms with E-state index in [0.717, 1.165) is 4.90 Å². The number of esters is 4. The second-order valence-electron chi connectivity index (χ2n) is 11.1. The van der Waals surface area contributed by atoms with Gasteiger partial charge in [-0.3, -0.25) is 0 Å². The van der Waals surface area contributed by atoms with Crippen LogP contribution in [0.3, 0.4) is 0 Å². The molecule has 5 aromatic rings. The van der Waals surface area contributed by atoms with Crippen LogP contribution in [0.1, 0.15) is 41.4 Å². The maximum absolute atomic E-state index is 13.7. The first-order valence-electron chi connectivity index (χ1n) is 15.8. The van der Waals surface area contributed by atoms with Gasteiger partial charge >= 0.3 is 23.9 Å². The molecule has 0 spiro atoms. The van der Waals surface area contributed by atoms with Crippen molar-refractivity contribution >= 4 is 35.6 Å². The second kappa shape index (κ2) is 16.6. The van der Waals surface area contributed by atoms with Crippen molar-refractivity contribution in [1.82, 2.24) is 0 Å². The highest BCUT2D eigenvalue weighted by Gasteiger charge is 2.53. The Labute approximate surface area is 293 Å². The summed E-state index contributed by atoms with van der Waals surface area (Å²) in [4.78, 5) is 54.7. The normalized spacial score (nSPS) is 19.8. The van der Waals surface area contributed by atoms with E-state index in [9.17, 15) is 19.2 Å². The Balaban J connectivity index is 1.41. The molecule has 1 heterocycles. The highest BCUT2D eigenvalue weighted by Crippen LogP contribution is 2.38. The lowest BCUT2D eigenvalue weighted by molar-refractivity contribution is -0.207. The van der Waals surface area contributed by atoms with Gasteiger partial charge in [0.1, 0.15) is 18.1 Å². The molecule has 1 aliphatic heterocycles. The summed E-state index contributed by atoms with van der Waals surface area (Å²) >= 11 is 1.22. The molecular formula is C40H32O9S. The summed E-state index contributed by atoms with van der Waals surface area (Å²) in [6.45, 7) is -0.384. The molecule has 0 radical (unpaired) electrons. The lowest BCUT2D eigenvalue weighted by atomic mass is 9.98. The van der Waals surface area contributed by atoms with Crippen molar-refractivity contribution in [3.8, 4) is 0 Å². The minimum atomic E-state index is -1.40. The first-order chi connectivity index (χ1) is 24.5. The summed E-state index contributed by atoms with van der Waals surface area (Å²) in [5.41, 5.74) is -0.0106. The standard InChI is InChI=1S/C40H32O9S/c41-36(27-16-6-1-7-17-27)45-26-32-33(47-37(42)28-18-8-2-9-19-28)34(48-38(43)29-20-10-3-11-21-29)35(49-39(44)30-22-12-4-13-23-30)40(46-32)50-31-24-14-5-15-25-31/h1-25,32-35,40H,26H2/t32-,33-,34+,35+,40+/m1/s1. The second-order valence-corrected chi connectivity index (χ2v) is 12.3. The molecule has 0 aromatic heterocycles. The maximum atomic E-state index is 13.7. The fourth-order valence-electron chi connectivity index (χ4n) is 5.26. The maximum Gasteiger partial charge on any atom is 0.338 e. The van der Waals surface area contributed by atoms with Crippen molar-refractivity contribution in [2.75, 3.05) is 6.61 Å². The van der Waals surface area contributed by atoms with E-state index in [4.69, 9.17) is 23.7 Å². The van der Waals surface area contributed by atoms with Crippen LogP contribution in [0.15, 0.2) is 157 Å². The molecule has 0 aliphatic carbocycles. The molecule has 0 saturated carbocycles. The summed E-state index contributed by atoms with van der Waals surface area (Å²) in [5, 5.41) is 0. The van der Waals surface area contributed by atoms with E-state index in [1.165, 1.54) is 11.8 Å². The SMILES string of the molecule is O=C(OC[C@H]1O[C@@H](Sc2ccccc2)[C@@H](OC(=O)c2ccccc2)[C@@H](OC(=O)c2ccccc2)[C@@H]1OC(=O)c1ccccc1)c1ccccc1. The average molecular weight is 689 g/mol. The molecule has 0 N–H and O–H groups in total. The van der Waals surface area contributed by atoms with Crippen LogP contribution in [0.2, 0.25) is 0 Å². The van der Waals surface area contributed by atoms with E-state index in [1.54, 1.807) is 121 Å². The number of carbonyl (C=O) groups excluding carboxylic acids is 4. The lowest BCUT2D eigenvalue weighted by Crippen LogP contribution is -2.61. The van der Waals surface area contributed by atoms with Gasteiger partial charge in [-0.25, -0.2) is 19.2 Å². The van der Waals surface area contributed by atoms with Crippen LogP contribution in [-0.4, -0.2) is 60.3 Å². The molecule has 252 valence electrons. The number of hydrogen-bond acceptors (Lipinski definition) is 10. The van der Waals surface area contributed by atoms with Gasteiger partial charge in [0.2, 0.25) is 0 Å². The van der Waals surface area contributed by atoms with E-state index >= 15 is 0 Å². The molecule has 0 bridgehead atoms. The van der Waals surface area contributed by atoms with Crippen LogP contribution >= 0.6 is 11.8 Å². The van der Waals surface area contributed by atoms with Gasteiger partial charge in [-0.15, -0.1) is 0 Å². The van der Waals surface area contributed by atoms with Gasteiger partial charge in [0, 0.05) is 4.90 Å². The third-order valence-electron chi connectivity index (χ3n) is 7.73.